The molecule has 1 aliphatic rings. The number of hydrogen-bond donors (Lipinski definition) is 3. The number of nitrogens with two attached hydrogens (primary N) is 1. The van der Waals surface area contributed by atoms with Crippen molar-refractivity contribution in [2.24, 2.45) is 5.92 Å². The third kappa shape index (κ3) is 3.87. The molecule has 0 atom stereocenters. The van der Waals surface area contributed by atoms with Gasteiger partial charge in [0.15, 0.2) is 0 Å². The zero-order chi connectivity index (χ0) is 15.4. The number of rotatable bonds is 3. The maximum Gasteiger partial charge on any atom is 0.253 e. The van der Waals surface area contributed by atoms with Gasteiger partial charge in [0.25, 0.3) is 5.91 Å². The average Bonchev–Trinajstić information content (AvgIpc) is 2.48. The van der Waals surface area contributed by atoms with E-state index >= 15 is 0 Å². The van der Waals surface area contributed by atoms with Crippen LogP contribution in [0.1, 0.15) is 30.1 Å². The number of nitrogens with one attached hydrogen (secondary N) is 1. The van der Waals surface area contributed by atoms with Crippen molar-refractivity contribution < 1.29 is 14.7 Å². The van der Waals surface area contributed by atoms with E-state index < -0.39 is 0 Å². The molecule has 0 aromatic heterocycles. The zero-order valence-corrected chi connectivity index (χ0v) is 12.1. The molecule has 114 valence electrons. The van der Waals surface area contributed by atoms with Crippen molar-refractivity contribution in [2.45, 2.75) is 19.8 Å². The summed E-state index contributed by atoms with van der Waals surface area (Å²) in [5.41, 5.74) is 6.24. The number of nitrogen functional groups attached to an aromatic ring is 1. The summed E-state index contributed by atoms with van der Waals surface area (Å²) >= 11 is 0. The molecular formula is C15H21N3O3. The van der Waals surface area contributed by atoms with Gasteiger partial charge in [0.2, 0.25) is 5.91 Å². The fraction of sp³-hybridized carbons (Fsp3) is 0.467. The molecule has 4 N–H and O–H groups in total. The van der Waals surface area contributed by atoms with Crippen molar-refractivity contribution in [3.05, 3.63) is 23.8 Å². The van der Waals surface area contributed by atoms with Crippen LogP contribution < -0.4 is 11.1 Å². The van der Waals surface area contributed by atoms with E-state index in [1.165, 1.54) is 19.1 Å². The molecule has 1 aromatic carbocycles. The van der Waals surface area contributed by atoms with Gasteiger partial charge in [-0.3, -0.25) is 9.59 Å². The summed E-state index contributed by atoms with van der Waals surface area (Å²) in [6, 6.07) is 4.56. The number of carbonyl (C=O) groups excluding carboxylic acids is 2. The Hall–Kier alpha value is -2.24. The number of likely N-dealkylation sites (tertiary alicyclic amines) is 1. The molecule has 21 heavy (non-hydrogen) atoms. The minimum absolute atomic E-state index is 0.0224. The van der Waals surface area contributed by atoms with Gasteiger partial charge in [-0.05, 0) is 37.0 Å². The Morgan fingerprint density at radius 2 is 2.05 bits per heavy atom. The quantitative estimate of drug-likeness (QED) is 0.571. The molecule has 0 aliphatic carbocycles. The first-order valence-corrected chi connectivity index (χ1v) is 7.09. The highest BCUT2D eigenvalue weighted by atomic mass is 16.3. The molecule has 0 radical (unpaired) electrons. The van der Waals surface area contributed by atoms with Crippen molar-refractivity contribution in [2.75, 3.05) is 25.4 Å². The van der Waals surface area contributed by atoms with Crippen molar-refractivity contribution >= 4 is 17.5 Å². The smallest absolute Gasteiger partial charge is 0.253 e. The molecule has 0 unspecified atom stereocenters. The molecule has 2 amide bonds. The number of amides is 2. The molecule has 0 saturated carbocycles. The number of hydrogen-bond acceptors (Lipinski definition) is 4. The highest BCUT2D eigenvalue weighted by molar-refractivity contribution is 5.95. The molecule has 6 heteroatoms. The highest BCUT2D eigenvalue weighted by Gasteiger charge is 2.24. The Morgan fingerprint density at radius 1 is 1.38 bits per heavy atom. The van der Waals surface area contributed by atoms with E-state index in [0.29, 0.717) is 31.1 Å². The molecule has 1 heterocycles. The van der Waals surface area contributed by atoms with Crippen LogP contribution in [-0.4, -0.2) is 41.5 Å². The SMILES string of the molecule is CC(=O)NCC1CCN(C(=O)c2ccc(N)c(O)c2)CC1. The van der Waals surface area contributed by atoms with Crippen LogP contribution in [0, 0.1) is 5.92 Å². The van der Waals surface area contributed by atoms with E-state index in [1.54, 1.807) is 11.0 Å². The first-order chi connectivity index (χ1) is 9.97. The van der Waals surface area contributed by atoms with Crippen LogP contribution in [0.15, 0.2) is 18.2 Å². The molecule has 1 aliphatic heterocycles. The van der Waals surface area contributed by atoms with Gasteiger partial charge < -0.3 is 21.1 Å². The van der Waals surface area contributed by atoms with Gasteiger partial charge in [0.1, 0.15) is 5.75 Å². The van der Waals surface area contributed by atoms with Crippen LogP contribution in [0.3, 0.4) is 0 Å². The normalized spacial score (nSPS) is 15.8. The van der Waals surface area contributed by atoms with Crippen LogP contribution in [0.25, 0.3) is 0 Å². The molecule has 0 spiro atoms. The highest BCUT2D eigenvalue weighted by Crippen LogP contribution is 2.23. The summed E-state index contributed by atoms with van der Waals surface area (Å²) in [6.07, 6.45) is 1.74. The number of anilines is 1. The predicted molar refractivity (Wildman–Crippen MR) is 79.8 cm³/mol. The van der Waals surface area contributed by atoms with Crippen molar-refractivity contribution in [1.82, 2.24) is 10.2 Å². The third-order valence-corrected chi connectivity index (χ3v) is 3.82. The first kappa shape index (κ1) is 15.2. The number of piperidine rings is 1. The average molecular weight is 291 g/mol. The van der Waals surface area contributed by atoms with E-state index in [9.17, 15) is 14.7 Å². The summed E-state index contributed by atoms with van der Waals surface area (Å²) in [5, 5.41) is 12.4. The number of phenolic OH excluding ortho intramolecular Hbond substituents is 1. The van der Waals surface area contributed by atoms with Crippen LogP contribution in [0.4, 0.5) is 5.69 Å². The second-order valence-corrected chi connectivity index (χ2v) is 5.45. The lowest BCUT2D eigenvalue weighted by Gasteiger charge is -2.32. The molecule has 1 fully saturated rings. The van der Waals surface area contributed by atoms with E-state index in [0.717, 1.165) is 12.8 Å². The number of phenols is 1. The lowest BCUT2D eigenvalue weighted by atomic mass is 9.96. The van der Waals surface area contributed by atoms with Gasteiger partial charge in [0, 0.05) is 32.1 Å². The lowest BCUT2D eigenvalue weighted by molar-refractivity contribution is -0.119. The summed E-state index contributed by atoms with van der Waals surface area (Å²) in [4.78, 5) is 25.0. The molecular weight excluding hydrogens is 270 g/mol. The topological polar surface area (TPSA) is 95.7 Å². The van der Waals surface area contributed by atoms with Crippen molar-refractivity contribution in [1.29, 1.82) is 0 Å². The van der Waals surface area contributed by atoms with E-state index in [1.807, 2.05) is 0 Å². The molecule has 1 saturated heterocycles. The molecule has 1 aromatic rings. The fourth-order valence-electron chi connectivity index (χ4n) is 2.49. The van der Waals surface area contributed by atoms with Gasteiger partial charge in [0.05, 0.1) is 5.69 Å². The monoisotopic (exact) mass is 291 g/mol. The summed E-state index contributed by atoms with van der Waals surface area (Å²) in [6.45, 7) is 3.49. The number of benzene rings is 1. The van der Waals surface area contributed by atoms with Gasteiger partial charge in [-0.25, -0.2) is 0 Å². The summed E-state index contributed by atoms with van der Waals surface area (Å²) < 4.78 is 0. The molecule has 6 nitrogen and oxygen atoms in total. The van der Waals surface area contributed by atoms with Gasteiger partial charge in [-0.15, -0.1) is 0 Å². The van der Waals surface area contributed by atoms with Crippen LogP contribution in [0.5, 0.6) is 5.75 Å². The number of carbonyl (C=O) groups is 2. The maximum absolute atomic E-state index is 12.3. The molecule has 0 bridgehead atoms. The first-order valence-electron chi connectivity index (χ1n) is 7.09. The van der Waals surface area contributed by atoms with Crippen LogP contribution >= 0.6 is 0 Å². The van der Waals surface area contributed by atoms with Gasteiger partial charge in [-0.2, -0.15) is 0 Å². The second-order valence-electron chi connectivity index (χ2n) is 5.45. The van der Waals surface area contributed by atoms with Gasteiger partial charge >= 0.3 is 0 Å². The fourth-order valence-corrected chi connectivity index (χ4v) is 2.49. The summed E-state index contributed by atoms with van der Waals surface area (Å²) in [7, 11) is 0. The molecule has 2 rings (SSSR count). The van der Waals surface area contributed by atoms with Crippen molar-refractivity contribution in [3.63, 3.8) is 0 Å². The number of nitrogens with zero attached hydrogens (tertiary/aromatic N) is 1. The van der Waals surface area contributed by atoms with E-state index in [-0.39, 0.29) is 23.3 Å². The van der Waals surface area contributed by atoms with E-state index in [4.69, 9.17) is 5.73 Å². The maximum atomic E-state index is 12.3. The lowest BCUT2D eigenvalue weighted by Crippen LogP contribution is -2.41. The Balaban J connectivity index is 1.90. The Kier molecular flexibility index (Phi) is 4.67. The third-order valence-electron chi connectivity index (χ3n) is 3.82. The summed E-state index contributed by atoms with van der Waals surface area (Å²) in [5.74, 6) is 0.230. The minimum atomic E-state index is -0.0942. The standard InChI is InChI=1S/C15H21N3O3/c1-10(19)17-9-11-4-6-18(7-5-11)15(21)12-2-3-13(16)14(20)8-12/h2-3,8,11,20H,4-7,9,16H2,1H3,(H,17,19). The minimum Gasteiger partial charge on any atom is -0.506 e. The Morgan fingerprint density at radius 3 is 2.62 bits per heavy atom. The Labute approximate surface area is 123 Å². The largest absolute Gasteiger partial charge is 0.506 e. The predicted octanol–water partition coefficient (Wildman–Crippen LogP) is 0.963. The number of aromatic hydroxyl groups is 1. The van der Waals surface area contributed by atoms with Crippen LogP contribution in [-0.2, 0) is 4.79 Å². The van der Waals surface area contributed by atoms with Crippen molar-refractivity contribution in [3.8, 4) is 5.75 Å². The van der Waals surface area contributed by atoms with Crippen LogP contribution in [0.2, 0.25) is 0 Å². The zero-order valence-electron chi connectivity index (χ0n) is 12.1. The van der Waals surface area contributed by atoms with Gasteiger partial charge in [-0.1, -0.05) is 0 Å². The Bertz CT molecular complexity index is 537. The second kappa shape index (κ2) is 6.47. The van der Waals surface area contributed by atoms with E-state index in [2.05, 4.69) is 5.32 Å².